The highest BCUT2D eigenvalue weighted by molar-refractivity contribution is 6.36. The average molecular weight is 731 g/mol. The molecule has 4 fully saturated rings. The first-order chi connectivity index (χ1) is 25.3. The van der Waals surface area contributed by atoms with Crippen LogP contribution < -0.4 is 9.64 Å². The number of ether oxygens (including phenoxy) is 1. The van der Waals surface area contributed by atoms with Crippen LogP contribution in [-0.4, -0.2) is 114 Å². The summed E-state index contributed by atoms with van der Waals surface area (Å²) in [6.45, 7) is 8.44. The lowest BCUT2D eigenvalue weighted by atomic mass is 10.0. The average Bonchev–Trinajstić information content (AvgIpc) is 3.91. The maximum absolute atomic E-state index is 16.1. The van der Waals surface area contributed by atoms with Gasteiger partial charge in [-0.1, -0.05) is 48.0 Å². The number of anilines is 1. The first kappa shape index (κ1) is 37.3. The third-order valence-corrected chi connectivity index (χ3v) is 10.4. The van der Waals surface area contributed by atoms with E-state index in [-0.39, 0.29) is 23.1 Å². The zero-order chi connectivity index (χ0) is 36.6. The van der Waals surface area contributed by atoms with Crippen molar-refractivity contribution in [2.45, 2.75) is 51.2 Å². The Hall–Kier alpha value is -4.44. The van der Waals surface area contributed by atoms with Crippen LogP contribution in [-0.2, 0) is 4.79 Å². The van der Waals surface area contributed by atoms with Crippen LogP contribution in [0, 0.1) is 17.1 Å². The van der Waals surface area contributed by atoms with E-state index in [2.05, 4.69) is 24.8 Å². The van der Waals surface area contributed by atoms with Crippen molar-refractivity contribution in [2.24, 2.45) is 0 Å². The number of nitriles is 1. The number of fused-ring (bicyclic) bond motifs is 3. The van der Waals surface area contributed by atoms with E-state index >= 15 is 4.39 Å². The van der Waals surface area contributed by atoms with Crippen LogP contribution in [0.4, 0.5) is 14.6 Å². The molecule has 6 heterocycles. The Labute approximate surface area is 308 Å². The summed E-state index contributed by atoms with van der Waals surface area (Å²) >= 11 is 6.51. The van der Waals surface area contributed by atoms with E-state index in [1.54, 1.807) is 30.5 Å². The van der Waals surface area contributed by atoms with Gasteiger partial charge in [0.25, 0.3) is 0 Å². The standard InChI is InChI=1S/C30H30ClFN6O2.C7H12FN.C2H3N/c1-40-30-34-28-22(19-33-27(26(28)32)21-9-4-7-20-8-5-10-23(31)25(20)21)29(35-30)38-17-15-37(16-18-38)24(39)11-6-14-36-12-2-3-13-36;8-6-4-7-2-1-3-9(7)5-6;1-2-3/h4-11,19H,2-3,12-18H2,1H3;6-7H,1-5H2;1H3/b11-6+;;. The molecule has 0 radical (unpaired) electrons. The number of carbonyl (C=O) groups is 1. The lowest BCUT2D eigenvalue weighted by molar-refractivity contribution is -0.126. The van der Waals surface area contributed by atoms with Crippen molar-refractivity contribution in [3.8, 4) is 23.3 Å². The Bertz CT molecular complexity index is 1920. The van der Waals surface area contributed by atoms with Crippen molar-refractivity contribution < 1.29 is 18.3 Å². The molecule has 0 saturated carbocycles. The molecule has 0 N–H and O–H groups in total. The monoisotopic (exact) mass is 730 g/mol. The zero-order valence-corrected chi connectivity index (χ0v) is 30.5. The fourth-order valence-electron chi connectivity index (χ4n) is 7.57. The van der Waals surface area contributed by atoms with Crippen LogP contribution in [0.25, 0.3) is 32.9 Å². The summed E-state index contributed by atoms with van der Waals surface area (Å²) in [7, 11) is 1.46. The second-order valence-corrected chi connectivity index (χ2v) is 13.8. The molecule has 1 amide bonds. The Morgan fingerprint density at radius 3 is 2.50 bits per heavy atom. The van der Waals surface area contributed by atoms with Gasteiger partial charge in [-0.3, -0.25) is 19.6 Å². The molecule has 2 aromatic heterocycles. The number of halogens is 3. The van der Waals surface area contributed by atoms with Gasteiger partial charge in [-0.15, -0.1) is 0 Å². The molecular formula is C39H45ClF2N8O2. The van der Waals surface area contributed by atoms with Crippen LogP contribution in [0.3, 0.4) is 0 Å². The van der Waals surface area contributed by atoms with Crippen molar-refractivity contribution in [2.75, 3.05) is 70.9 Å². The first-order valence-electron chi connectivity index (χ1n) is 18.0. The Morgan fingerprint density at radius 2 is 1.79 bits per heavy atom. The number of amides is 1. The minimum absolute atomic E-state index is 0.00933. The van der Waals surface area contributed by atoms with Gasteiger partial charge < -0.3 is 14.5 Å². The van der Waals surface area contributed by atoms with Crippen LogP contribution >= 0.6 is 11.6 Å². The molecule has 0 spiro atoms. The second-order valence-electron chi connectivity index (χ2n) is 13.4. The maximum Gasteiger partial charge on any atom is 0.318 e. The van der Waals surface area contributed by atoms with Crippen LogP contribution in [0.5, 0.6) is 6.01 Å². The van der Waals surface area contributed by atoms with Crippen molar-refractivity contribution in [1.82, 2.24) is 29.7 Å². The maximum atomic E-state index is 16.1. The van der Waals surface area contributed by atoms with Gasteiger partial charge >= 0.3 is 6.01 Å². The number of carbonyl (C=O) groups excluding carboxylic acids is 1. The normalized spacial score (nSPS) is 20.4. The largest absolute Gasteiger partial charge is 0.467 e. The SMILES string of the molecule is CC#N.COc1nc(N2CCN(C(=O)/C=C/CN3CCCC3)CC2)c2cnc(-c3cccc4cccc(Cl)c34)c(F)c2n1.FC1CC2CCCN2C1. The molecule has 4 aromatic rings. The Kier molecular flexibility index (Phi) is 12.5. The molecular weight excluding hydrogens is 686 g/mol. The molecule has 2 unspecified atom stereocenters. The van der Waals surface area contributed by atoms with Gasteiger partial charge in [0.2, 0.25) is 5.91 Å². The number of piperazine rings is 1. The lowest BCUT2D eigenvalue weighted by Gasteiger charge is -2.35. The van der Waals surface area contributed by atoms with Gasteiger partial charge in [0.15, 0.2) is 5.82 Å². The fourth-order valence-corrected chi connectivity index (χ4v) is 7.86. The van der Waals surface area contributed by atoms with E-state index in [0.717, 1.165) is 43.4 Å². The number of benzene rings is 2. The molecule has 8 rings (SSSR count). The summed E-state index contributed by atoms with van der Waals surface area (Å²) in [6, 6.07) is 13.6. The van der Waals surface area contributed by atoms with E-state index < -0.39 is 12.0 Å². The number of hydrogen-bond acceptors (Lipinski definition) is 9. The number of nitrogens with zero attached hydrogens (tertiary/aromatic N) is 8. The summed E-state index contributed by atoms with van der Waals surface area (Å²) in [4.78, 5) is 34.7. The van der Waals surface area contributed by atoms with E-state index in [0.29, 0.717) is 60.6 Å². The smallest absolute Gasteiger partial charge is 0.318 e. The number of likely N-dealkylation sites (tertiary alicyclic amines) is 1. The lowest BCUT2D eigenvalue weighted by Crippen LogP contribution is -2.48. The number of pyridine rings is 1. The third kappa shape index (κ3) is 8.44. The number of rotatable bonds is 6. The molecule has 4 aliphatic heterocycles. The molecule has 274 valence electrons. The van der Waals surface area contributed by atoms with Crippen molar-refractivity contribution in [1.29, 1.82) is 5.26 Å². The Morgan fingerprint density at radius 1 is 1.06 bits per heavy atom. The van der Waals surface area contributed by atoms with Gasteiger partial charge in [-0.05, 0) is 63.2 Å². The number of methoxy groups -OCH3 is 1. The molecule has 52 heavy (non-hydrogen) atoms. The topological polar surface area (TPSA) is 102 Å². The zero-order valence-electron chi connectivity index (χ0n) is 29.8. The first-order valence-corrected chi connectivity index (χ1v) is 18.4. The van der Waals surface area contributed by atoms with Crippen LogP contribution in [0.1, 0.15) is 39.0 Å². The molecule has 10 nitrogen and oxygen atoms in total. The third-order valence-electron chi connectivity index (χ3n) is 10.1. The summed E-state index contributed by atoms with van der Waals surface area (Å²) in [6.07, 6.45) is 10.5. The van der Waals surface area contributed by atoms with Crippen molar-refractivity contribution in [3.05, 3.63) is 65.6 Å². The molecule has 2 aromatic carbocycles. The van der Waals surface area contributed by atoms with Gasteiger partial charge in [-0.2, -0.15) is 15.2 Å². The minimum atomic E-state index is -0.566. The van der Waals surface area contributed by atoms with Gasteiger partial charge in [0.05, 0.1) is 18.6 Å². The summed E-state index contributed by atoms with van der Waals surface area (Å²) in [5, 5.41) is 9.95. The highest BCUT2D eigenvalue weighted by Gasteiger charge is 2.34. The van der Waals surface area contributed by atoms with Crippen LogP contribution in [0.15, 0.2) is 54.7 Å². The number of alkyl halides is 1. The van der Waals surface area contributed by atoms with E-state index in [9.17, 15) is 9.18 Å². The molecule has 4 saturated heterocycles. The quantitative estimate of drug-likeness (QED) is 0.202. The molecule has 2 atom stereocenters. The summed E-state index contributed by atoms with van der Waals surface area (Å²) in [5.74, 6) is -0.0219. The molecule has 0 bridgehead atoms. The highest BCUT2D eigenvalue weighted by Crippen LogP contribution is 2.37. The van der Waals surface area contributed by atoms with Gasteiger partial charge in [-0.25, -0.2) is 8.78 Å². The summed E-state index contributed by atoms with van der Waals surface area (Å²) in [5.41, 5.74) is 0.875. The molecule has 4 aliphatic rings. The minimum Gasteiger partial charge on any atom is -0.467 e. The highest BCUT2D eigenvalue weighted by atomic mass is 35.5. The van der Waals surface area contributed by atoms with Gasteiger partial charge in [0, 0.05) is 80.5 Å². The number of aromatic nitrogens is 3. The summed E-state index contributed by atoms with van der Waals surface area (Å²) < 4.78 is 34.1. The number of hydrogen-bond donors (Lipinski definition) is 0. The van der Waals surface area contributed by atoms with Crippen molar-refractivity contribution >= 4 is 45.0 Å². The Balaban J connectivity index is 0.000000328. The van der Waals surface area contributed by atoms with Crippen molar-refractivity contribution in [3.63, 3.8) is 0 Å². The fraction of sp³-hybridized carbons (Fsp3) is 0.462. The molecule has 0 aliphatic carbocycles. The molecule has 13 heteroatoms. The van der Waals surface area contributed by atoms with E-state index in [1.165, 1.54) is 39.7 Å². The predicted molar refractivity (Wildman–Crippen MR) is 201 cm³/mol. The van der Waals surface area contributed by atoms with E-state index in [4.69, 9.17) is 21.6 Å². The van der Waals surface area contributed by atoms with Gasteiger partial charge in [0.1, 0.15) is 23.2 Å². The second kappa shape index (κ2) is 17.4. The van der Waals surface area contributed by atoms with Crippen LogP contribution in [0.2, 0.25) is 5.02 Å². The van der Waals surface area contributed by atoms with E-state index in [1.807, 2.05) is 40.1 Å². The predicted octanol–water partition coefficient (Wildman–Crippen LogP) is 6.67.